The van der Waals surface area contributed by atoms with E-state index < -0.39 is 0 Å². The van der Waals surface area contributed by atoms with Crippen LogP contribution in [-0.4, -0.2) is 9.13 Å². The summed E-state index contributed by atoms with van der Waals surface area (Å²) in [5.41, 5.74) is 16.5. The molecule has 1 spiro atoms. The smallest absolute Gasteiger partial charge is 0.0541 e. The highest BCUT2D eigenvalue weighted by atomic mass is 15.0. The van der Waals surface area contributed by atoms with Crippen LogP contribution in [0.1, 0.15) is 55.1 Å². The van der Waals surface area contributed by atoms with Crippen molar-refractivity contribution < 1.29 is 0 Å². The molecule has 3 fully saturated rings. The summed E-state index contributed by atoms with van der Waals surface area (Å²) >= 11 is 0. The lowest BCUT2D eigenvalue weighted by Crippen LogP contribution is -2.41. The standard InChI is InChI=1S/C52H40N2/c1-2-9-32(10-3-1)33-11-8-12-40(25-33)53-48-15-6-4-13-43(48)46-26-34(17-21-50(46)53)35-18-22-51-47(27-35)44-14-5-7-16-49(44)54(51)41-19-20-42-36-23-38-28-39-24-37(45(42)29-41)31-52(38,39)30-36/h1-22,25-27,29,36-39H,23-24,28,30-31H2. The summed E-state index contributed by atoms with van der Waals surface area (Å²) < 4.78 is 4.97. The highest BCUT2D eigenvalue weighted by Gasteiger charge is 2.65. The van der Waals surface area contributed by atoms with Gasteiger partial charge in [0, 0.05) is 32.9 Å². The zero-order chi connectivity index (χ0) is 35.1. The van der Waals surface area contributed by atoms with Crippen LogP contribution in [0.15, 0.2) is 158 Å². The second kappa shape index (κ2) is 10.6. The van der Waals surface area contributed by atoms with Gasteiger partial charge in [0.05, 0.1) is 22.1 Å². The predicted molar refractivity (Wildman–Crippen MR) is 224 cm³/mol. The molecule has 54 heavy (non-hydrogen) atoms. The van der Waals surface area contributed by atoms with Crippen molar-refractivity contribution in [1.82, 2.24) is 9.13 Å². The average Bonchev–Trinajstić information content (AvgIpc) is 3.91. The van der Waals surface area contributed by atoms with Gasteiger partial charge in [0.1, 0.15) is 0 Å². The molecular formula is C52H40N2. The van der Waals surface area contributed by atoms with Crippen LogP contribution in [0.4, 0.5) is 0 Å². The fourth-order valence-electron chi connectivity index (χ4n) is 12.4. The number of nitrogens with zero attached hydrogens (tertiary/aromatic N) is 2. The molecule has 2 nitrogen and oxygen atoms in total. The van der Waals surface area contributed by atoms with Gasteiger partial charge in [-0.1, -0.05) is 97.1 Å². The molecule has 5 unspecified atom stereocenters. The second-order valence-corrected chi connectivity index (χ2v) is 17.0. The number of aromatic nitrogens is 2. The zero-order valence-electron chi connectivity index (χ0n) is 30.3. The Hall–Kier alpha value is -5.86. The van der Waals surface area contributed by atoms with Gasteiger partial charge in [0.25, 0.3) is 0 Å². The molecule has 3 bridgehead atoms. The van der Waals surface area contributed by atoms with E-state index in [1.54, 1.807) is 11.1 Å². The minimum absolute atomic E-state index is 0.684. The highest BCUT2D eigenvalue weighted by molar-refractivity contribution is 6.12. The van der Waals surface area contributed by atoms with Crippen LogP contribution in [0.2, 0.25) is 0 Å². The molecule has 2 heterocycles. The van der Waals surface area contributed by atoms with Gasteiger partial charge in [-0.25, -0.2) is 0 Å². The van der Waals surface area contributed by atoms with E-state index in [0.717, 1.165) is 23.7 Å². The van der Waals surface area contributed by atoms with Crippen LogP contribution in [0, 0.1) is 17.3 Å². The Kier molecular flexibility index (Phi) is 5.83. The van der Waals surface area contributed by atoms with Crippen molar-refractivity contribution in [3.63, 3.8) is 0 Å². The molecule has 3 saturated carbocycles. The van der Waals surface area contributed by atoms with E-state index in [9.17, 15) is 0 Å². The van der Waals surface area contributed by atoms with Gasteiger partial charge in [-0.05, 0) is 155 Å². The SMILES string of the molecule is c1ccc(-c2cccc(-n3c4ccccc4c4cc(-c5ccc6c(c5)c5ccccc5n6-c5ccc6c(c5)C5CC7CC8CC6CC87C5)ccc43)c2)cc1. The summed E-state index contributed by atoms with van der Waals surface area (Å²) in [6, 6.07) is 59.3. The van der Waals surface area contributed by atoms with Crippen molar-refractivity contribution >= 4 is 43.6 Å². The van der Waals surface area contributed by atoms with Crippen molar-refractivity contribution in [1.29, 1.82) is 0 Å². The van der Waals surface area contributed by atoms with Gasteiger partial charge in [-0.2, -0.15) is 0 Å². The Morgan fingerprint density at radius 3 is 1.57 bits per heavy atom. The molecule has 4 aliphatic carbocycles. The highest BCUT2D eigenvalue weighted by Crippen LogP contribution is 2.76. The maximum absolute atomic E-state index is 2.61. The van der Waals surface area contributed by atoms with Crippen molar-refractivity contribution in [3.05, 3.63) is 169 Å². The van der Waals surface area contributed by atoms with Gasteiger partial charge in [0.2, 0.25) is 0 Å². The Balaban J connectivity index is 0.943. The average molecular weight is 693 g/mol. The maximum atomic E-state index is 2.61. The van der Waals surface area contributed by atoms with Crippen LogP contribution < -0.4 is 0 Å². The van der Waals surface area contributed by atoms with Crippen LogP contribution in [0.3, 0.4) is 0 Å². The van der Waals surface area contributed by atoms with Crippen LogP contribution in [0.5, 0.6) is 0 Å². The van der Waals surface area contributed by atoms with Crippen molar-refractivity contribution in [3.8, 4) is 33.6 Å². The normalized spacial score (nSPS) is 23.6. The lowest BCUT2D eigenvalue weighted by molar-refractivity contribution is 0.00322. The van der Waals surface area contributed by atoms with Gasteiger partial charge >= 0.3 is 0 Å². The third-order valence-electron chi connectivity index (χ3n) is 14.7. The number of fused-ring (bicyclic) bond motifs is 11. The Labute approximate surface area is 315 Å². The summed E-state index contributed by atoms with van der Waals surface area (Å²) in [7, 11) is 0. The molecule has 0 amide bonds. The number of hydrogen-bond donors (Lipinski definition) is 0. The Morgan fingerprint density at radius 2 is 0.907 bits per heavy atom. The molecule has 4 aliphatic rings. The zero-order valence-corrected chi connectivity index (χ0v) is 30.3. The van der Waals surface area contributed by atoms with E-state index in [0.29, 0.717) is 5.41 Å². The fraction of sp³-hybridized carbons (Fsp3) is 0.192. The monoisotopic (exact) mass is 692 g/mol. The number of benzene rings is 7. The molecule has 7 aromatic carbocycles. The summed E-state index contributed by atoms with van der Waals surface area (Å²) in [6.45, 7) is 0. The second-order valence-electron chi connectivity index (χ2n) is 17.0. The van der Waals surface area contributed by atoms with E-state index in [2.05, 4.69) is 167 Å². The first-order valence-electron chi connectivity index (χ1n) is 20.1. The minimum Gasteiger partial charge on any atom is -0.309 e. The summed E-state index contributed by atoms with van der Waals surface area (Å²) in [4.78, 5) is 0. The summed E-state index contributed by atoms with van der Waals surface area (Å²) in [5.74, 6) is 3.52. The number of hydrogen-bond acceptors (Lipinski definition) is 0. The lowest BCUT2D eigenvalue weighted by Gasteiger charge is -2.48. The molecular weight excluding hydrogens is 653 g/mol. The van der Waals surface area contributed by atoms with Gasteiger partial charge in [-0.15, -0.1) is 0 Å². The van der Waals surface area contributed by atoms with Crippen molar-refractivity contribution in [2.24, 2.45) is 17.3 Å². The molecule has 0 saturated heterocycles. The maximum Gasteiger partial charge on any atom is 0.0541 e. The summed E-state index contributed by atoms with van der Waals surface area (Å²) in [6.07, 6.45) is 7.24. The van der Waals surface area contributed by atoms with E-state index in [4.69, 9.17) is 0 Å². The predicted octanol–water partition coefficient (Wildman–Crippen LogP) is 13.6. The van der Waals surface area contributed by atoms with Gasteiger partial charge in [0.15, 0.2) is 0 Å². The van der Waals surface area contributed by atoms with Crippen LogP contribution in [-0.2, 0) is 0 Å². The molecule has 0 N–H and O–H groups in total. The third kappa shape index (κ3) is 3.91. The quantitative estimate of drug-likeness (QED) is 0.174. The van der Waals surface area contributed by atoms with Crippen LogP contribution >= 0.6 is 0 Å². The lowest BCUT2D eigenvalue weighted by atomic mass is 9.56. The number of para-hydroxylation sites is 2. The Morgan fingerprint density at radius 1 is 0.370 bits per heavy atom. The Bertz CT molecular complexity index is 3010. The van der Waals surface area contributed by atoms with Crippen molar-refractivity contribution in [2.75, 3.05) is 0 Å². The van der Waals surface area contributed by atoms with Crippen molar-refractivity contribution in [2.45, 2.75) is 43.9 Å². The number of rotatable bonds is 4. The first-order valence-corrected chi connectivity index (χ1v) is 20.1. The summed E-state index contributed by atoms with van der Waals surface area (Å²) in [5, 5.41) is 5.19. The van der Waals surface area contributed by atoms with Gasteiger partial charge < -0.3 is 9.13 Å². The van der Waals surface area contributed by atoms with Gasteiger partial charge in [-0.3, -0.25) is 0 Å². The molecule has 13 rings (SSSR count). The van der Waals surface area contributed by atoms with E-state index in [1.807, 2.05) is 0 Å². The molecule has 258 valence electrons. The molecule has 2 aromatic heterocycles. The largest absolute Gasteiger partial charge is 0.309 e. The first-order chi connectivity index (χ1) is 26.7. The third-order valence-corrected chi connectivity index (χ3v) is 14.7. The molecule has 0 radical (unpaired) electrons. The first kappa shape index (κ1) is 29.6. The molecule has 2 heteroatoms. The fourth-order valence-corrected chi connectivity index (χ4v) is 12.4. The topological polar surface area (TPSA) is 9.86 Å². The molecule has 5 atom stereocenters. The van der Waals surface area contributed by atoms with E-state index in [-0.39, 0.29) is 0 Å². The van der Waals surface area contributed by atoms with E-state index >= 15 is 0 Å². The minimum atomic E-state index is 0.684. The van der Waals surface area contributed by atoms with E-state index in [1.165, 1.54) is 109 Å². The molecule has 9 aromatic rings. The van der Waals surface area contributed by atoms with Crippen LogP contribution in [0.25, 0.3) is 77.2 Å². The molecule has 0 aliphatic heterocycles.